The molecule has 1 amide bonds. The minimum absolute atomic E-state index is 0.0301. The first-order chi connectivity index (χ1) is 8.97. The first kappa shape index (κ1) is 14.6. The van der Waals surface area contributed by atoms with E-state index in [2.05, 4.69) is 10.0 Å². The first-order valence-electron chi connectivity index (χ1n) is 6.98. The number of nitrogens with one attached hydrogen (secondary N) is 2. The Kier molecular flexibility index (Phi) is 4.67. The molecule has 2 fully saturated rings. The minimum Gasteiger partial charge on any atom is -0.465 e. The standard InChI is InChI=1S/C12H22N2O4S/c15-12(16)13-9-5-7-10(8-6-9)14-19(17,18)11-3-1-2-4-11/h9-11,13-14H,1-8H2,(H,15,16)/t9-,10-. The average Bonchev–Trinajstić information content (AvgIpc) is 2.85. The summed E-state index contributed by atoms with van der Waals surface area (Å²) in [6.45, 7) is 0. The van der Waals surface area contributed by atoms with Crippen molar-refractivity contribution in [3.63, 3.8) is 0 Å². The Balaban J connectivity index is 1.80. The Morgan fingerprint density at radius 2 is 1.47 bits per heavy atom. The second kappa shape index (κ2) is 6.09. The van der Waals surface area contributed by atoms with Crippen molar-refractivity contribution in [1.82, 2.24) is 10.0 Å². The van der Waals surface area contributed by atoms with Gasteiger partial charge in [-0.15, -0.1) is 0 Å². The monoisotopic (exact) mass is 290 g/mol. The molecule has 0 saturated heterocycles. The number of hydrogen-bond acceptors (Lipinski definition) is 3. The molecule has 0 unspecified atom stereocenters. The predicted molar refractivity (Wildman–Crippen MR) is 71.5 cm³/mol. The zero-order valence-corrected chi connectivity index (χ0v) is 11.8. The maximum Gasteiger partial charge on any atom is 0.404 e. The molecule has 0 spiro atoms. The van der Waals surface area contributed by atoms with E-state index in [1.54, 1.807) is 0 Å². The second-order valence-electron chi connectivity index (χ2n) is 5.57. The third kappa shape index (κ3) is 4.07. The number of amides is 1. The topological polar surface area (TPSA) is 95.5 Å². The van der Waals surface area contributed by atoms with E-state index in [0.29, 0.717) is 25.7 Å². The van der Waals surface area contributed by atoms with Gasteiger partial charge < -0.3 is 10.4 Å². The van der Waals surface area contributed by atoms with Gasteiger partial charge in [-0.1, -0.05) is 12.8 Å². The average molecular weight is 290 g/mol. The van der Waals surface area contributed by atoms with Crippen LogP contribution < -0.4 is 10.0 Å². The molecule has 19 heavy (non-hydrogen) atoms. The molecule has 7 heteroatoms. The SMILES string of the molecule is O=C(O)N[C@H]1CC[C@H](NS(=O)(=O)C2CCCC2)CC1. The summed E-state index contributed by atoms with van der Waals surface area (Å²) in [7, 11) is -3.19. The Bertz CT molecular complexity index is 409. The zero-order valence-electron chi connectivity index (χ0n) is 11.0. The van der Waals surface area contributed by atoms with Crippen LogP contribution in [0.3, 0.4) is 0 Å². The number of carboxylic acid groups (broad SMARTS) is 1. The van der Waals surface area contributed by atoms with Gasteiger partial charge >= 0.3 is 6.09 Å². The fraction of sp³-hybridized carbons (Fsp3) is 0.917. The van der Waals surface area contributed by atoms with Crippen LogP contribution in [0.15, 0.2) is 0 Å². The van der Waals surface area contributed by atoms with Crippen molar-refractivity contribution in [2.45, 2.75) is 68.7 Å². The third-order valence-electron chi connectivity index (χ3n) is 4.13. The van der Waals surface area contributed by atoms with Gasteiger partial charge in [0.25, 0.3) is 0 Å². The van der Waals surface area contributed by atoms with E-state index in [1.807, 2.05) is 0 Å². The van der Waals surface area contributed by atoms with E-state index in [-0.39, 0.29) is 17.3 Å². The van der Waals surface area contributed by atoms with Crippen molar-refractivity contribution in [2.24, 2.45) is 0 Å². The molecule has 0 atom stereocenters. The number of hydrogen-bond donors (Lipinski definition) is 3. The van der Waals surface area contributed by atoms with Gasteiger partial charge in [0.1, 0.15) is 0 Å². The highest BCUT2D eigenvalue weighted by Crippen LogP contribution is 2.26. The van der Waals surface area contributed by atoms with Gasteiger partial charge in [-0.25, -0.2) is 17.9 Å². The van der Waals surface area contributed by atoms with E-state index >= 15 is 0 Å². The molecule has 2 aliphatic carbocycles. The third-order valence-corrected chi connectivity index (χ3v) is 6.14. The molecule has 0 bridgehead atoms. The molecule has 2 saturated carbocycles. The summed E-state index contributed by atoms with van der Waals surface area (Å²) in [5.74, 6) is 0. The lowest BCUT2D eigenvalue weighted by atomic mass is 9.92. The molecule has 3 N–H and O–H groups in total. The molecule has 2 rings (SSSR count). The Morgan fingerprint density at radius 1 is 0.947 bits per heavy atom. The maximum atomic E-state index is 12.1. The van der Waals surface area contributed by atoms with Crippen molar-refractivity contribution in [1.29, 1.82) is 0 Å². The summed E-state index contributed by atoms with van der Waals surface area (Å²) < 4.78 is 27.1. The maximum absolute atomic E-state index is 12.1. The van der Waals surface area contributed by atoms with Gasteiger partial charge in [-0.2, -0.15) is 0 Å². The number of sulfonamides is 1. The van der Waals surface area contributed by atoms with Gasteiger partial charge in [0, 0.05) is 12.1 Å². The van der Waals surface area contributed by atoms with Crippen molar-refractivity contribution in [3.05, 3.63) is 0 Å². The van der Waals surface area contributed by atoms with E-state index < -0.39 is 16.1 Å². The number of rotatable bonds is 4. The molecular weight excluding hydrogens is 268 g/mol. The fourth-order valence-electron chi connectivity index (χ4n) is 3.06. The lowest BCUT2D eigenvalue weighted by Crippen LogP contribution is -2.45. The summed E-state index contributed by atoms with van der Waals surface area (Å²) in [4.78, 5) is 10.5. The molecule has 0 aromatic heterocycles. The summed E-state index contributed by atoms with van der Waals surface area (Å²) in [6.07, 6.45) is 5.34. The zero-order chi connectivity index (χ0) is 13.9. The van der Waals surface area contributed by atoms with Crippen LogP contribution in [0, 0.1) is 0 Å². The highest BCUT2D eigenvalue weighted by atomic mass is 32.2. The Morgan fingerprint density at radius 3 is 2.00 bits per heavy atom. The fourth-order valence-corrected chi connectivity index (χ4v) is 4.90. The van der Waals surface area contributed by atoms with Crippen LogP contribution in [-0.2, 0) is 10.0 Å². The molecule has 0 radical (unpaired) electrons. The lowest BCUT2D eigenvalue weighted by molar-refractivity contribution is 0.184. The van der Waals surface area contributed by atoms with Crippen molar-refractivity contribution >= 4 is 16.1 Å². The molecule has 0 aliphatic heterocycles. The summed E-state index contributed by atoms with van der Waals surface area (Å²) >= 11 is 0. The van der Waals surface area contributed by atoms with Crippen LogP contribution in [0.1, 0.15) is 51.4 Å². The molecular formula is C12H22N2O4S. The summed E-state index contributed by atoms with van der Waals surface area (Å²) in [6, 6.07) is -0.0674. The quantitative estimate of drug-likeness (QED) is 0.730. The molecule has 6 nitrogen and oxygen atoms in total. The van der Waals surface area contributed by atoms with Crippen molar-refractivity contribution in [2.75, 3.05) is 0 Å². The van der Waals surface area contributed by atoms with E-state index in [0.717, 1.165) is 25.7 Å². The molecule has 0 aromatic rings. The van der Waals surface area contributed by atoms with E-state index in [9.17, 15) is 13.2 Å². The van der Waals surface area contributed by atoms with Gasteiger partial charge in [0.15, 0.2) is 0 Å². The summed E-state index contributed by atoms with van der Waals surface area (Å²) in [5.41, 5.74) is 0. The van der Waals surface area contributed by atoms with Crippen LogP contribution in [0.5, 0.6) is 0 Å². The predicted octanol–water partition coefficient (Wildman–Crippen LogP) is 1.43. The van der Waals surface area contributed by atoms with E-state index in [1.165, 1.54) is 0 Å². The van der Waals surface area contributed by atoms with Crippen LogP contribution in [-0.4, -0.2) is 37.0 Å². The van der Waals surface area contributed by atoms with Crippen LogP contribution >= 0.6 is 0 Å². The van der Waals surface area contributed by atoms with E-state index in [4.69, 9.17) is 5.11 Å². The molecule has 2 aliphatic rings. The van der Waals surface area contributed by atoms with Crippen molar-refractivity contribution in [3.8, 4) is 0 Å². The molecule has 0 aromatic carbocycles. The largest absolute Gasteiger partial charge is 0.465 e. The molecule has 0 heterocycles. The smallest absolute Gasteiger partial charge is 0.404 e. The minimum atomic E-state index is -3.19. The highest BCUT2D eigenvalue weighted by Gasteiger charge is 2.32. The first-order valence-corrected chi connectivity index (χ1v) is 8.52. The van der Waals surface area contributed by atoms with Crippen LogP contribution in [0.2, 0.25) is 0 Å². The second-order valence-corrected chi connectivity index (χ2v) is 7.56. The van der Waals surface area contributed by atoms with Gasteiger partial charge in [-0.3, -0.25) is 0 Å². The Labute approximate surface area is 114 Å². The normalized spacial score (nSPS) is 29.3. The van der Waals surface area contributed by atoms with Crippen LogP contribution in [0.4, 0.5) is 4.79 Å². The number of carbonyl (C=O) groups is 1. The van der Waals surface area contributed by atoms with Crippen molar-refractivity contribution < 1.29 is 18.3 Å². The van der Waals surface area contributed by atoms with Gasteiger partial charge in [0.2, 0.25) is 10.0 Å². The molecule has 110 valence electrons. The van der Waals surface area contributed by atoms with Crippen LogP contribution in [0.25, 0.3) is 0 Å². The van der Waals surface area contributed by atoms with Gasteiger partial charge in [0.05, 0.1) is 5.25 Å². The highest BCUT2D eigenvalue weighted by molar-refractivity contribution is 7.90. The Hall–Kier alpha value is -0.820. The lowest BCUT2D eigenvalue weighted by Gasteiger charge is -2.29. The summed E-state index contributed by atoms with van der Waals surface area (Å²) in [5, 5.41) is 10.9. The van der Waals surface area contributed by atoms with Gasteiger partial charge in [-0.05, 0) is 38.5 Å².